The summed E-state index contributed by atoms with van der Waals surface area (Å²) in [5, 5.41) is 3.21. The van der Waals surface area contributed by atoms with E-state index in [-0.39, 0.29) is 23.0 Å². The first-order valence-corrected chi connectivity index (χ1v) is 9.41. The first-order chi connectivity index (χ1) is 13.0. The molecule has 0 aliphatic carbocycles. The number of amides is 2. The predicted octanol–water partition coefficient (Wildman–Crippen LogP) is 2.73. The molecule has 1 saturated heterocycles. The van der Waals surface area contributed by atoms with Gasteiger partial charge in [0.2, 0.25) is 11.8 Å². The van der Waals surface area contributed by atoms with Gasteiger partial charge in [0.05, 0.1) is 17.1 Å². The van der Waals surface area contributed by atoms with Gasteiger partial charge in [0.1, 0.15) is 5.82 Å². The van der Waals surface area contributed by atoms with Crippen LogP contribution in [-0.4, -0.2) is 41.3 Å². The van der Waals surface area contributed by atoms with Crippen LogP contribution in [0.2, 0.25) is 5.02 Å². The van der Waals surface area contributed by atoms with Crippen molar-refractivity contribution in [3.63, 3.8) is 0 Å². The molecule has 1 aromatic carbocycles. The normalized spacial score (nSPS) is 14.8. The van der Waals surface area contributed by atoms with Gasteiger partial charge < -0.3 is 16.0 Å². The smallest absolute Gasteiger partial charge is 0.250 e. The number of carbonyl (C=O) groups excluding carboxylic acids is 2. The first-order valence-electron chi connectivity index (χ1n) is 9.04. The van der Waals surface area contributed by atoms with Crippen molar-refractivity contribution in [2.45, 2.75) is 19.3 Å². The number of primary amides is 1. The van der Waals surface area contributed by atoms with Crippen LogP contribution in [0.4, 0.5) is 5.82 Å². The lowest BCUT2D eigenvalue weighted by molar-refractivity contribution is -0.130. The Morgan fingerprint density at radius 1 is 1.22 bits per heavy atom. The average Bonchev–Trinajstić information content (AvgIpc) is 2.68. The van der Waals surface area contributed by atoms with Crippen molar-refractivity contribution < 1.29 is 9.59 Å². The van der Waals surface area contributed by atoms with E-state index in [0.717, 1.165) is 32.4 Å². The fourth-order valence-corrected chi connectivity index (χ4v) is 3.54. The van der Waals surface area contributed by atoms with Crippen LogP contribution in [0.15, 0.2) is 42.6 Å². The van der Waals surface area contributed by atoms with Crippen LogP contribution in [0.5, 0.6) is 0 Å². The summed E-state index contributed by atoms with van der Waals surface area (Å²) in [4.78, 5) is 29.5. The summed E-state index contributed by atoms with van der Waals surface area (Å²) < 4.78 is 0. The molecule has 142 valence electrons. The molecule has 0 bridgehead atoms. The van der Waals surface area contributed by atoms with E-state index in [1.807, 2.05) is 11.0 Å². The number of nitrogens with one attached hydrogen (secondary N) is 1. The number of benzene rings is 1. The lowest BCUT2D eigenvalue weighted by Gasteiger charge is -2.32. The van der Waals surface area contributed by atoms with Crippen molar-refractivity contribution in [1.82, 2.24) is 9.88 Å². The number of nitrogens with zero attached hydrogens (tertiary/aromatic N) is 2. The van der Waals surface area contributed by atoms with Crippen molar-refractivity contribution in [2.24, 2.45) is 11.7 Å². The molecule has 6 nitrogen and oxygen atoms in total. The van der Waals surface area contributed by atoms with E-state index in [2.05, 4.69) is 34.6 Å². The summed E-state index contributed by atoms with van der Waals surface area (Å²) in [6, 6.07) is 11.9. The second-order valence-electron chi connectivity index (χ2n) is 6.79. The fraction of sp³-hybridized carbons (Fsp3) is 0.350. The molecule has 7 heteroatoms. The molecule has 2 amide bonds. The largest absolute Gasteiger partial charge is 0.366 e. The highest BCUT2D eigenvalue weighted by Gasteiger charge is 2.23. The van der Waals surface area contributed by atoms with E-state index in [9.17, 15) is 9.59 Å². The van der Waals surface area contributed by atoms with E-state index >= 15 is 0 Å². The SMILES string of the molecule is NC(=O)c1cnc(NCC(=O)N2CCC(Cc3ccccc3)CC2)c(Cl)c1. The maximum absolute atomic E-state index is 12.4. The van der Waals surface area contributed by atoms with Crippen molar-refractivity contribution >= 4 is 29.2 Å². The van der Waals surface area contributed by atoms with E-state index in [1.54, 1.807) is 0 Å². The van der Waals surface area contributed by atoms with Crippen molar-refractivity contribution in [3.8, 4) is 0 Å². The molecule has 1 aliphatic heterocycles. The topological polar surface area (TPSA) is 88.3 Å². The molecule has 2 heterocycles. The molecule has 3 N–H and O–H groups in total. The monoisotopic (exact) mass is 386 g/mol. The standard InChI is InChI=1S/C20H23ClN4O2/c21-17-11-16(19(22)27)12-23-20(17)24-13-18(26)25-8-6-15(7-9-25)10-14-4-2-1-3-5-14/h1-5,11-12,15H,6-10,13H2,(H2,22,27)(H,23,24). The third kappa shape index (κ3) is 5.20. The van der Waals surface area contributed by atoms with Gasteiger partial charge in [-0.1, -0.05) is 41.9 Å². The van der Waals surface area contributed by atoms with Crippen LogP contribution in [-0.2, 0) is 11.2 Å². The highest BCUT2D eigenvalue weighted by atomic mass is 35.5. The minimum atomic E-state index is -0.592. The average molecular weight is 387 g/mol. The van der Waals surface area contributed by atoms with E-state index in [0.29, 0.717) is 11.7 Å². The number of nitrogens with two attached hydrogens (primary N) is 1. The quantitative estimate of drug-likeness (QED) is 0.798. The maximum Gasteiger partial charge on any atom is 0.250 e. The Hall–Kier alpha value is -2.60. The Morgan fingerprint density at radius 3 is 2.56 bits per heavy atom. The summed E-state index contributed by atoms with van der Waals surface area (Å²) in [7, 11) is 0. The van der Waals surface area contributed by atoms with Gasteiger partial charge in [0.25, 0.3) is 0 Å². The summed E-state index contributed by atoms with van der Waals surface area (Å²) in [5.41, 5.74) is 6.78. The zero-order chi connectivity index (χ0) is 19.2. The Balaban J connectivity index is 1.46. The fourth-order valence-electron chi connectivity index (χ4n) is 3.31. The second kappa shape index (κ2) is 8.86. The first kappa shape index (κ1) is 19.2. The molecule has 1 aromatic heterocycles. The van der Waals surface area contributed by atoms with Crippen LogP contribution >= 0.6 is 11.6 Å². The van der Waals surface area contributed by atoms with Gasteiger partial charge in [-0.15, -0.1) is 0 Å². The second-order valence-corrected chi connectivity index (χ2v) is 7.19. The molecule has 3 rings (SSSR count). The lowest BCUT2D eigenvalue weighted by Crippen LogP contribution is -2.41. The van der Waals surface area contributed by atoms with Crippen LogP contribution < -0.4 is 11.1 Å². The molecule has 27 heavy (non-hydrogen) atoms. The Bertz CT molecular complexity index is 805. The molecule has 1 fully saturated rings. The number of piperidine rings is 1. The molecule has 0 radical (unpaired) electrons. The van der Waals surface area contributed by atoms with Gasteiger partial charge >= 0.3 is 0 Å². The van der Waals surface area contributed by atoms with Crippen molar-refractivity contribution in [1.29, 1.82) is 0 Å². The molecular formula is C20H23ClN4O2. The van der Waals surface area contributed by atoms with E-state index < -0.39 is 5.91 Å². The van der Waals surface area contributed by atoms with Crippen LogP contribution in [0, 0.1) is 5.92 Å². The number of hydrogen-bond acceptors (Lipinski definition) is 4. The maximum atomic E-state index is 12.4. The summed E-state index contributed by atoms with van der Waals surface area (Å²) >= 11 is 6.08. The van der Waals surface area contributed by atoms with Gasteiger partial charge in [0, 0.05) is 19.3 Å². The van der Waals surface area contributed by atoms with Crippen LogP contribution in [0.3, 0.4) is 0 Å². The number of aromatic nitrogens is 1. The van der Waals surface area contributed by atoms with Crippen LogP contribution in [0.1, 0.15) is 28.8 Å². The zero-order valence-electron chi connectivity index (χ0n) is 15.0. The zero-order valence-corrected chi connectivity index (χ0v) is 15.8. The molecule has 0 atom stereocenters. The summed E-state index contributed by atoms with van der Waals surface area (Å²) in [6.45, 7) is 1.64. The molecule has 1 aliphatic rings. The van der Waals surface area contributed by atoms with E-state index in [1.165, 1.54) is 17.8 Å². The molecule has 0 spiro atoms. The number of likely N-dealkylation sites (tertiary alicyclic amines) is 1. The number of carbonyl (C=O) groups is 2. The Labute approximate surface area is 163 Å². The number of halogens is 1. The third-order valence-corrected chi connectivity index (χ3v) is 5.16. The number of pyridine rings is 1. The summed E-state index contributed by atoms with van der Waals surface area (Å²) in [6.07, 6.45) is 4.42. The van der Waals surface area contributed by atoms with Gasteiger partial charge in [-0.3, -0.25) is 9.59 Å². The van der Waals surface area contributed by atoms with Gasteiger partial charge in [-0.25, -0.2) is 4.98 Å². The molecule has 2 aromatic rings. The minimum absolute atomic E-state index is 0.0185. The van der Waals surface area contributed by atoms with Gasteiger partial charge in [0.15, 0.2) is 0 Å². The number of rotatable bonds is 6. The lowest BCUT2D eigenvalue weighted by atomic mass is 9.90. The van der Waals surface area contributed by atoms with Crippen LogP contribution in [0.25, 0.3) is 0 Å². The Morgan fingerprint density at radius 2 is 1.93 bits per heavy atom. The highest BCUT2D eigenvalue weighted by Crippen LogP contribution is 2.22. The molecular weight excluding hydrogens is 364 g/mol. The molecule has 0 saturated carbocycles. The summed E-state index contributed by atoms with van der Waals surface area (Å²) in [5.74, 6) is 0.409. The van der Waals surface area contributed by atoms with Crippen molar-refractivity contribution in [2.75, 3.05) is 25.0 Å². The van der Waals surface area contributed by atoms with Crippen molar-refractivity contribution in [3.05, 3.63) is 58.7 Å². The predicted molar refractivity (Wildman–Crippen MR) is 106 cm³/mol. The van der Waals surface area contributed by atoms with Gasteiger partial charge in [-0.05, 0) is 36.8 Å². The van der Waals surface area contributed by atoms with E-state index in [4.69, 9.17) is 17.3 Å². The third-order valence-electron chi connectivity index (χ3n) is 4.87. The molecule has 0 unspecified atom stereocenters. The van der Waals surface area contributed by atoms with Gasteiger partial charge in [-0.2, -0.15) is 0 Å². The number of hydrogen-bond donors (Lipinski definition) is 2. The number of anilines is 1. The Kier molecular flexibility index (Phi) is 6.29. The highest BCUT2D eigenvalue weighted by molar-refractivity contribution is 6.33. The minimum Gasteiger partial charge on any atom is -0.366 e.